The van der Waals surface area contributed by atoms with E-state index in [9.17, 15) is 23.6 Å². The summed E-state index contributed by atoms with van der Waals surface area (Å²) in [6.07, 6.45) is 0.641. The number of aliphatic hydroxyl groups is 1. The van der Waals surface area contributed by atoms with Crippen molar-refractivity contribution in [3.05, 3.63) is 20.5 Å². The van der Waals surface area contributed by atoms with Gasteiger partial charge in [-0.1, -0.05) is 11.6 Å². The first kappa shape index (κ1) is 16.6. The Balaban J connectivity index is 2.11. The van der Waals surface area contributed by atoms with Crippen molar-refractivity contribution >= 4 is 38.6 Å². The van der Waals surface area contributed by atoms with Crippen molar-refractivity contribution in [3.8, 4) is 0 Å². The van der Waals surface area contributed by atoms with Crippen LogP contribution >= 0.6 is 22.9 Å². The molecule has 8 nitrogen and oxygen atoms in total. The first-order valence-corrected chi connectivity index (χ1v) is 8.65. The highest BCUT2D eigenvalue weighted by atomic mass is 35.5. The number of ether oxygens (including phenoxy) is 1. The van der Waals surface area contributed by atoms with Crippen LogP contribution in [0.4, 0.5) is 5.69 Å². The maximum Gasteiger partial charge on any atom is 0.300 e. The number of rotatable bonds is 5. The molecule has 0 atom stereocenters. The fourth-order valence-corrected chi connectivity index (χ4v) is 4.65. The van der Waals surface area contributed by atoms with Crippen molar-refractivity contribution < 1.29 is 23.2 Å². The van der Waals surface area contributed by atoms with Crippen molar-refractivity contribution in [1.29, 1.82) is 0 Å². The quantitative estimate of drug-likeness (QED) is 0.603. The van der Waals surface area contributed by atoms with Crippen LogP contribution in [0.2, 0.25) is 4.34 Å². The molecule has 0 radical (unpaired) electrons. The number of halogens is 1. The summed E-state index contributed by atoms with van der Waals surface area (Å²) in [5, 5.41) is 20.9. The third kappa shape index (κ3) is 3.90. The monoisotopic (exact) mass is 356 g/mol. The first-order valence-electron chi connectivity index (χ1n) is 5.97. The van der Waals surface area contributed by atoms with Gasteiger partial charge in [-0.25, -0.2) is 13.1 Å². The third-order valence-electron chi connectivity index (χ3n) is 3.12. The van der Waals surface area contributed by atoms with E-state index >= 15 is 0 Å². The lowest BCUT2D eigenvalue weighted by Crippen LogP contribution is -2.46. The maximum absolute atomic E-state index is 12.1. The van der Waals surface area contributed by atoms with Crippen LogP contribution in [0, 0.1) is 10.1 Å². The molecule has 1 aliphatic heterocycles. The van der Waals surface area contributed by atoms with E-state index in [1.807, 2.05) is 0 Å². The molecular weight excluding hydrogens is 344 g/mol. The molecule has 1 aromatic rings. The van der Waals surface area contributed by atoms with Crippen molar-refractivity contribution in [2.45, 2.75) is 22.7 Å². The molecule has 0 aromatic carbocycles. The zero-order valence-corrected chi connectivity index (χ0v) is 13.1. The predicted octanol–water partition coefficient (Wildman–Crippen LogP) is 1.13. The largest absolute Gasteiger partial charge is 0.388 e. The lowest BCUT2D eigenvalue weighted by atomic mass is 9.95. The van der Waals surface area contributed by atoms with Gasteiger partial charge in [0.25, 0.3) is 5.69 Å². The molecule has 0 spiro atoms. The summed E-state index contributed by atoms with van der Waals surface area (Å²) in [6, 6.07) is 0.906. The molecule has 0 bridgehead atoms. The van der Waals surface area contributed by atoms with Crippen LogP contribution in [0.5, 0.6) is 0 Å². The van der Waals surface area contributed by atoms with Crippen molar-refractivity contribution in [1.82, 2.24) is 4.72 Å². The Morgan fingerprint density at radius 1 is 1.52 bits per heavy atom. The number of nitrogens with zero attached hydrogens (tertiary/aromatic N) is 1. The van der Waals surface area contributed by atoms with E-state index in [1.54, 1.807) is 0 Å². The summed E-state index contributed by atoms with van der Waals surface area (Å²) < 4.78 is 31.1. The molecule has 0 unspecified atom stereocenters. The lowest BCUT2D eigenvalue weighted by Gasteiger charge is -2.31. The zero-order valence-electron chi connectivity index (χ0n) is 10.7. The SMILES string of the molecule is O=[N+]([O-])c1cc(S(=O)(=O)NCC2(O)CCOCC2)sc1Cl. The summed E-state index contributed by atoms with van der Waals surface area (Å²) >= 11 is 6.24. The Morgan fingerprint density at radius 2 is 2.14 bits per heavy atom. The molecule has 0 amide bonds. The van der Waals surface area contributed by atoms with Gasteiger partial charge < -0.3 is 9.84 Å². The molecule has 21 heavy (non-hydrogen) atoms. The second-order valence-electron chi connectivity index (χ2n) is 4.64. The first-order chi connectivity index (χ1) is 9.73. The fourth-order valence-electron chi connectivity index (χ4n) is 1.82. The second kappa shape index (κ2) is 6.15. The minimum Gasteiger partial charge on any atom is -0.388 e. The number of nitrogens with one attached hydrogen (secondary N) is 1. The van der Waals surface area contributed by atoms with Gasteiger partial charge in [0, 0.05) is 38.7 Å². The van der Waals surface area contributed by atoms with Gasteiger partial charge in [-0.15, -0.1) is 11.3 Å². The Hall–Kier alpha value is -0.780. The molecule has 0 aliphatic carbocycles. The number of hydrogen-bond acceptors (Lipinski definition) is 7. The number of sulfonamides is 1. The molecule has 1 aliphatic rings. The highest BCUT2D eigenvalue weighted by Gasteiger charge is 2.32. The molecule has 1 aromatic heterocycles. The zero-order chi connectivity index (χ0) is 15.7. The summed E-state index contributed by atoms with van der Waals surface area (Å²) in [6.45, 7) is 0.533. The third-order valence-corrected chi connectivity index (χ3v) is 6.34. The van der Waals surface area contributed by atoms with E-state index in [1.165, 1.54) is 0 Å². The Kier molecular flexibility index (Phi) is 4.85. The van der Waals surface area contributed by atoms with Gasteiger partial charge in [0.2, 0.25) is 10.0 Å². The Morgan fingerprint density at radius 3 is 2.67 bits per heavy atom. The molecule has 11 heteroatoms. The minimum absolute atomic E-state index is 0.179. The van der Waals surface area contributed by atoms with E-state index in [0.29, 0.717) is 37.4 Å². The molecule has 2 N–H and O–H groups in total. The molecule has 2 rings (SSSR count). The van der Waals surface area contributed by atoms with Crippen molar-refractivity contribution in [2.75, 3.05) is 19.8 Å². The molecule has 118 valence electrons. The van der Waals surface area contributed by atoms with Crippen molar-refractivity contribution in [2.24, 2.45) is 0 Å². The van der Waals surface area contributed by atoms with Crippen LogP contribution in [0.25, 0.3) is 0 Å². The lowest BCUT2D eigenvalue weighted by molar-refractivity contribution is -0.384. The summed E-state index contributed by atoms with van der Waals surface area (Å²) in [7, 11) is -3.95. The fraction of sp³-hybridized carbons (Fsp3) is 0.600. The van der Waals surface area contributed by atoms with Gasteiger partial charge in [0.15, 0.2) is 4.34 Å². The molecule has 0 saturated carbocycles. The van der Waals surface area contributed by atoms with Crippen LogP contribution in [0.1, 0.15) is 12.8 Å². The van der Waals surface area contributed by atoms with E-state index in [-0.39, 0.29) is 15.1 Å². The Bertz CT molecular complexity index is 638. The van der Waals surface area contributed by atoms with Gasteiger partial charge >= 0.3 is 0 Å². The maximum atomic E-state index is 12.1. The summed E-state index contributed by atoms with van der Waals surface area (Å²) in [5.41, 5.74) is -1.62. The normalized spacial score (nSPS) is 18.6. The predicted molar refractivity (Wildman–Crippen MR) is 76.2 cm³/mol. The molecule has 1 saturated heterocycles. The van der Waals surface area contributed by atoms with Crippen molar-refractivity contribution in [3.63, 3.8) is 0 Å². The minimum atomic E-state index is -3.95. The van der Waals surface area contributed by atoms with Crippen LogP contribution in [-0.4, -0.2) is 43.8 Å². The van der Waals surface area contributed by atoms with Gasteiger partial charge in [-0.2, -0.15) is 0 Å². The van der Waals surface area contributed by atoms with Gasteiger partial charge in [0.1, 0.15) is 4.21 Å². The second-order valence-corrected chi connectivity index (χ2v) is 8.29. The topological polar surface area (TPSA) is 119 Å². The van der Waals surface area contributed by atoms with E-state index in [2.05, 4.69) is 4.72 Å². The molecular formula is C10H13ClN2O6S2. The highest BCUT2D eigenvalue weighted by Crippen LogP contribution is 2.36. The Labute approximate surface area is 129 Å². The van der Waals surface area contributed by atoms with E-state index in [4.69, 9.17) is 16.3 Å². The van der Waals surface area contributed by atoms with Crippen LogP contribution < -0.4 is 4.72 Å². The number of nitro groups is 1. The van der Waals surface area contributed by atoms with Crippen LogP contribution in [-0.2, 0) is 14.8 Å². The van der Waals surface area contributed by atoms with Crippen LogP contribution in [0.15, 0.2) is 10.3 Å². The van der Waals surface area contributed by atoms with E-state index < -0.39 is 26.2 Å². The average Bonchev–Trinajstić information content (AvgIpc) is 2.81. The van der Waals surface area contributed by atoms with Gasteiger partial charge in [0.05, 0.1) is 10.5 Å². The van der Waals surface area contributed by atoms with E-state index in [0.717, 1.165) is 6.07 Å². The summed E-state index contributed by atoms with van der Waals surface area (Å²) in [4.78, 5) is 9.93. The average molecular weight is 357 g/mol. The van der Waals surface area contributed by atoms with Crippen LogP contribution in [0.3, 0.4) is 0 Å². The highest BCUT2D eigenvalue weighted by molar-refractivity contribution is 7.91. The standard InChI is InChI=1S/C10H13ClN2O6S2/c11-9-7(13(15)16)5-8(20-9)21(17,18)12-6-10(14)1-3-19-4-2-10/h5,12,14H,1-4,6H2. The van der Waals surface area contributed by atoms with Gasteiger partial charge in [-0.05, 0) is 0 Å². The smallest absolute Gasteiger partial charge is 0.300 e. The number of thiophene rings is 1. The summed E-state index contributed by atoms with van der Waals surface area (Å²) in [5.74, 6) is 0. The molecule has 2 heterocycles. The molecule has 1 fully saturated rings. The number of hydrogen-bond donors (Lipinski definition) is 2. The van der Waals surface area contributed by atoms with Gasteiger partial charge in [-0.3, -0.25) is 10.1 Å².